The van der Waals surface area contributed by atoms with Crippen LogP contribution < -0.4 is 5.32 Å². The van der Waals surface area contributed by atoms with E-state index in [0.717, 1.165) is 29.8 Å². The smallest absolute Gasteiger partial charge is 0.142 e. The Morgan fingerprint density at radius 2 is 2.38 bits per heavy atom. The first-order chi connectivity index (χ1) is 6.42. The zero-order valence-corrected chi connectivity index (χ0v) is 7.54. The fraction of sp³-hybridized carbons (Fsp3) is 0.333. The summed E-state index contributed by atoms with van der Waals surface area (Å²) < 4.78 is 0. The second-order valence-electron chi connectivity index (χ2n) is 2.89. The minimum absolute atomic E-state index is 0.883. The first-order valence-corrected chi connectivity index (χ1v) is 4.43. The van der Waals surface area contributed by atoms with E-state index in [2.05, 4.69) is 27.2 Å². The van der Waals surface area contributed by atoms with Crippen molar-refractivity contribution >= 4 is 16.9 Å². The first-order valence-electron chi connectivity index (χ1n) is 4.43. The number of fused-ring (bicyclic) bond motifs is 1. The predicted octanol–water partition coefficient (Wildman–Crippen LogP) is 1.78. The van der Waals surface area contributed by atoms with Gasteiger partial charge in [0.05, 0.1) is 5.39 Å². The van der Waals surface area contributed by atoms with Gasteiger partial charge in [-0.1, -0.05) is 6.92 Å². The van der Waals surface area contributed by atoms with Crippen LogP contribution in [-0.4, -0.2) is 21.5 Å². The standard InChI is InChI=1S/C9H12N4/c1-2-4-10-8-7-3-5-11-9(7)13-6-12-8/h3,5-6H,2,4H2,1H3,(H2,10,11,12,13). The molecule has 13 heavy (non-hydrogen) atoms. The average molecular weight is 176 g/mol. The first kappa shape index (κ1) is 8.04. The lowest BCUT2D eigenvalue weighted by Crippen LogP contribution is -2.02. The number of aromatic amines is 1. The molecule has 4 heteroatoms. The summed E-state index contributed by atoms with van der Waals surface area (Å²) in [6, 6.07) is 1.98. The van der Waals surface area contributed by atoms with Gasteiger partial charge in [0.25, 0.3) is 0 Å². The molecule has 2 aromatic rings. The average Bonchev–Trinajstić information content (AvgIpc) is 2.62. The molecule has 0 amide bonds. The van der Waals surface area contributed by atoms with Crippen LogP contribution in [0.1, 0.15) is 13.3 Å². The molecule has 68 valence electrons. The molecule has 4 nitrogen and oxygen atoms in total. The lowest BCUT2D eigenvalue weighted by molar-refractivity contribution is 0.969. The summed E-state index contributed by atoms with van der Waals surface area (Å²) in [4.78, 5) is 11.3. The van der Waals surface area contributed by atoms with Gasteiger partial charge in [0.15, 0.2) is 0 Å². The molecule has 0 atom stereocenters. The fourth-order valence-corrected chi connectivity index (χ4v) is 1.26. The largest absolute Gasteiger partial charge is 0.369 e. The minimum Gasteiger partial charge on any atom is -0.369 e. The quantitative estimate of drug-likeness (QED) is 0.749. The van der Waals surface area contributed by atoms with Gasteiger partial charge in [-0.3, -0.25) is 0 Å². The van der Waals surface area contributed by atoms with Crippen LogP contribution in [0.3, 0.4) is 0 Å². The molecule has 0 unspecified atom stereocenters. The maximum atomic E-state index is 4.17. The van der Waals surface area contributed by atoms with E-state index in [-0.39, 0.29) is 0 Å². The number of nitrogens with zero attached hydrogens (tertiary/aromatic N) is 2. The zero-order valence-electron chi connectivity index (χ0n) is 7.54. The number of anilines is 1. The van der Waals surface area contributed by atoms with Crippen molar-refractivity contribution in [2.24, 2.45) is 0 Å². The van der Waals surface area contributed by atoms with Crippen molar-refractivity contribution in [1.82, 2.24) is 15.0 Å². The van der Waals surface area contributed by atoms with Crippen molar-refractivity contribution < 1.29 is 0 Å². The molecule has 0 aromatic carbocycles. The zero-order chi connectivity index (χ0) is 9.10. The van der Waals surface area contributed by atoms with E-state index in [4.69, 9.17) is 0 Å². The molecule has 0 radical (unpaired) electrons. The summed E-state index contributed by atoms with van der Waals surface area (Å²) in [6.07, 6.45) is 4.53. The highest BCUT2D eigenvalue weighted by atomic mass is 15.0. The highest BCUT2D eigenvalue weighted by Crippen LogP contribution is 2.16. The van der Waals surface area contributed by atoms with Gasteiger partial charge in [-0.2, -0.15) is 0 Å². The van der Waals surface area contributed by atoms with E-state index >= 15 is 0 Å². The number of hydrogen-bond acceptors (Lipinski definition) is 3. The van der Waals surface area contributed by atoms with Crippen LogP contribution in [0.4, 0.5) is 5.82 Å². The van der Waals surface area contributed by atoms with Crippen LogP contribution in [-0.2, 0) is 0 Å². The molecular weight excluding hydrogens is 164 g/mol. The van der Waals surface area contributed by atoms with Crippen molar-refractivity contribution in [3.63, 3.8) is 0 Å². The molecule has 0 fully saturated rings. The molecule has 2 rings (SSSR count). The fourth-order valence-electron chi connectivity index (χ4n) is 1.26. The third-order valence-corrected chi connectivity index (χ3v) is 1.90. The Bertz CT molecular complexity index is 393. The lowest BCUT2D eigenvalue weighted by Gasteiger charge is -2.03. The van der Waals surface area contributed by atoms with E-state index in [1.165, 1.54) is 0 Å². The van der Waals surface area contributed by atoms with E-state index < -0.39 is 0 Å². The van der Waals surface area contributed by atoms with E-state index in [9.17, 15) is 0 Å². The highest BCUT2D eigenvalue weighted by molar-refractivity contribution is 5.86. The monoisotopic (exact) mass is 176 g/mol. The number of rotatable bonds is 3. The number of H-pyrrole nitrogens is 1. The molecule has 0 aliphatic carbocycles. The summed E-state index contributed by atoms with van der Waals surface area (Å²) in [5, 5.41) is 4.30. The molecule has 2 N–H and O–H groups in total. The lowest BCUT2D eigenvalue weighted by atomic mass is 10.3. The number of aromatic nitrogens is 3. The van der Waals surface area contributed by atoms with E-state index in [1.807, 2.05) is 12.3 Å². The Morgan fingerprint density at radius 1 is 1.46 bits per heavy atom. The topological polar surface area (TPSA) is 53.6 Å². The van der Waals surface area contributed by atoms with Gasteiger partial charge in [0.2, 0.25) is 0 Å². The molecule has 2 aromatic heterocycles. The molecule has 0 spiro atoms. The molecular formula is C9H12N4. The Kier molecular flexibility index (Phi) is 2.12. The third-order valence-electron chi connectivity index (χ3n) is 1.90. The SMILES string of the molecule is CCCNc1ncnc2[nH]ccc12. The van der Waals surface area contributed by atoms with Crippen molar-refractivity contribution in [2.45, 2.75) is 13.3 Å². The van der Waals surface area contributed by atoms with Crippen molar-refractivity contribution in [3.05, 3.63) is 18.6 Å². The Morgan fingerprint density at radius 3 is 3.23 bits per heavy atom. The van der Waals surface area contributed by atoms with Crippen molar-refractivity contribution in [1.29, 1.82) is 0 Å². The van der Waals surface area contributed by atoms with Gasteiger partial charge >= 0.3 is 0 Å². The molecule has 0 aliphatic rings. The van der Waals surface area contributed by atoms with Crippen molar-refractivity contribution in [3.8, 4) is 0 Å². The van der Waals surface area contributed by atoms with Gasteiger partial charge in [0, 0.05) is 12.7 Å². The van der Waals surface area contributed by atoms with Crippen LogP contribution in [0.25, 0.3) is 11.0 Å². The second kappa shape index (κ2) is 3.43. The molecule has 0 saturated carbocycles. The van der Waals surface area contributed by atoms with Crippen LogP contribution in [0, 0.1) is 0 Å². The predicted molar refractivity (Wildman–Crippen MR) is 52.7 cm³/mol. The molecule has 0 saturated heterocycles. The van der Waals surface area contributed by atoms with Crippen LogP contribution >= 0.6 is 0 Å². The Hall–Kier alpha value is -1.58. The van der Waals surface area contributed by atoms with Gasteiger partial charge < -0.3 is 10.3 Å². The van der Waals surface area contributed by atoms with Crippen LogP contribution in [0.15, 0.2) is 18.6 Å². The van der Waals surface area contributed by atoms with Gasteiger partial charge in [-0.15, -0.1) is 0 Å². The number of hydrogen-bond donors (Lipinski definition) is 2. The summed E-state index contributed by atoms with van der Waals surface area (Å²) >= 11 is 0. The van der Waals surface area contributed by atoms with Gasteiger partial charge in [-0.25, -0.2) is 9.97 Å². The molecule has 2 heterocycles. The van der Waals surface area contributed by atoms with E-state index in [0.29, 0.717) is 0 Å². The highest BCUT2D eigenvalue weighted by Gasteiger charge is 2.01. The van der Waals surface area contributed by atoms with Crippen LogP contribution in [0.2, 0.25) is 0 Å². The molecule has 0 aliphatic heterocycles. The summed E-state index contributed by atoms with van der Waals surface area (Å²) in [5.41, 5.74) is 0.883. The minimum atomic E-state index is 0.883. The Labute approximate surface area is 76.4 Å². The van der Waals surface area contributed by atoms with E-state index in [1.54, 1.807) is 6.33 Å². The van der Waals surface area contributed by atoms with Gasteiger partial charge in [0.1, 0.15) is 17.8 Å². The number of nitrogens with one attached hydrogen (secondary N) is 2. The Balaban J connectivity index is 2.37. The maximum absolute atomic E-state index is 4.17. The van der Waals surface area contributed by atoms with Crippen molar-refractivity contribution in [2.75, 3.05) is 11.9 Å². The van der Waals surface area contributed by atoms with Crippen LogP contribution in [0.5, 0.6) is 0 Å². The van der Waals surface area contributed by atoms with Gasteiger partial charge in [-0.05, 0) is 12.5 Å². The summed E-state index contributed by atoms with van der Waals surface area (Å²) in [7, 11) is 0. The summed E-state index contributed by atoms with van der Waals surface area (Å²) in [6.45, 7) is 3.07. The second-order valence-corrected chi connectivity index (χ2v) is 2.89. The third kappa shape index (κ3) is 1.47. The normalized spacial score (nSPS) is 10.5. The summed E-state index contributed by atoms with van der Waals surface area (Å²) in [5.74, 6) is 0.910. The molecule has 0 bridgehead atoms. The maximum Gasteiger partial charge on any atom is 0.142 e.